The van der Waals surface area contributed by atoms with E-state index in [0.29, 0.717) is 40.4 Å². The summed E-state index contributed by atoms with van der Waals surface area (Å²) < 4.78 is 27.2. The summed E-state index contributed by atoms with van der Waals surface area (Å²) in [6, 6.07) is 8.43. The van der Waals surface area contributed by atoms with Crippen molar-refractivity contribution in [2.24, 2.45) is 5.92 Å². The minimum atomic E-state index is -3.57. The van der Waals surface area contributed by atoms with Gasteiger partial charge in [0.2, 0.25) is 5.91 Å². The number of piperidine rings is 1. The SMILES string of the molecule is CNC(=O)c1cccc(NC(=O)C2CCCN(S(=O)(=O)c3cccs3)C2)c1C. The number of hydrogen-bond donors (Lipinski definition) is 2. The maximum absolute atomic E-state index is 12.8. The van der Waals surface area contributed by atoms with Crippen molar-refractivity contribution in [2.45, 2.75) is 24.0 Å². The topological polar surface area (TPSA) is 95.6 Å². The Labute approximate surface area is 168 Å². The number of carbonyl (C=O) groups excluding carboxylic acids is 2. The molecule has 1 aromatic heterocycles. The number of thiophene rings is 1. The van der Waals surface area contributed by atoms with Gasteiger partial charge in [-0.1, -0.05) is 12.1 Å². The number of benzene rings is 1. The van der Waals surface area contributed by atoms with E-state index in [2.05, 4.69) is 10.6 Å². The lowest BCUT2D eigenvalue weighted by Crippen LogP contribution is -2.43. The quantitative estimate of drug-likeness (QED) is 0.775. The fourth-order valence-electron chi connectivity index (χ4n) is 3.30. The van der Waals surface area contributed by atoms with Crippen LogP contribution in [0.3, 0.4) is 0 Å². The first kappa shape index (κ1) is 20.5. The molecular weight excluding hydrogens is 398 g/mol. The molecule has 0 spiro atoms. The molecule has 2 N–H and O–H groups in total. The molecule has 1 aromatic carbocycles. The number of amides is 2. The van der Waals surface area contributed by atoms with Gasteiger partial charge in [-0.2, -0.15) is 4.31 Å². The van der Waals surface area contributed by atoms with Gasteiger partial charge in [0.15, 0.2) is 0 Å². The maximum Gasteiger partial charge on any atom is 0.252 e. The van der Waals surface area contributed by atoms with Crippen molar-refractivity contribution in [3.63, 3.8) is 0 Å². The molecular formula is C19H23N3O4S2. The third kappa shape index (κ3) is 4.11. The zero-order chi connectivity index (χ0) is 20.3. The van der Waals surface area contributed by atoms with Crippen LogP contribution in [-0.2, 0) is 14.8 Å². The van der Waals surface area contributed by atoms with Crippen LogP contribution in [0.4, 0.5) is 5.69 Å². The maximum atomic E-state index is 12.8. The van der Waals surface area contributed by atoms with E-state index in [9.17, 15) is 18.0 Å². The first-order valence-electron chi connectivity index (χ1n) is 9.01. The highest BCUT2D eigenvalue weighted by Gasteiger charge is 2.34. The summed E-state index contributed by atoms with van der Waals surface area (Å²) in [5.41, 5.74) is 1.73. The minimum absolute atomic E-state index is 0.153. The van der Waals surface area contributed by atoms with Gasteiger partial charge in [-0.3, -0.25) is 9.59 Å². The highest BCUT2D eigenvalue weighted by Crippen LogP contribution is 2.27. The van der Waals surface area contributed by atoms with E-state index in [1.165, 1.54) is 15.6 Å². The van der Waals surface area contributed by atoms with E-state index in [0.717, 1.165) is 0 Å². The molecule has 1 unspecified atom stereocenters. The summed E-state index contributed by atoms with van der Waals surface area (Å²) in [7, 11) is -2.02. The van der Waals surface area contributed by atoms with Crippen LogP contribution in [-0.4, -0.2) is 44.7 Å². The largest absolute Gasteiger partial charge is 0.355 e. The van der Waals surface area contributed by atoms with E-state index in [1.807, 2.05) is 0 Å². The van der Waals surface area contributed by atoms with Crippen molar-refractivity contribution < 1.29 is 18.0 Å². The normalized spacial score (nSPS) is 17.9. The molecule has 2 heterocycles. The number of carbonyl (C=O) groups is 2. The van der Waals surface area contributed by atoms with Gasteiger partial charge in [0.05, 0.1) is 5.92 Å². The summed E-state index contributed by atoms with van der Waals surface area (Å²) in [4.78, 5) is 24.7. The van der Waals surface area contributed by atoms with Gasteiger partial charge in [-0.05, 0) is 48.9 Å². The van der Waals surface area contributed by atoms with Crippen molar-refractivity contribution in [1.29, 1.82) is 0 Å². The van der Waals surface area contributed by atoms with Gasteiger partial charge in [0.1, 0.15) is 4.21 Å². The fraction of sp³-hybridized carbons (Fsp3) is 0.368. The summed E-state index contributed by atoms with van der Waals surface area (Å²) in [5.74, 6) is -0.894. The van der Waals surface area contributed by atoms with Crippen LogP contribution in [0, 0.1) is 12.8 Å². The highest BCUT2D eigenvalue weighted by atomic mass is 32.2. The van der Waals surface area contributed by atoms with Crippen LogP contribution in [0.1, 0.15) is 28.8 Å². The van der Waals surface area contributed by atoms with Crippen LogP contribution in [0.25, 0.3) is 0 Å². The fourth-order valence-corrected chi connectivity index (χ4v) is 5.97. The van der Waals surface area contributed by atoms with Crippen LogP contribution in [0.5, 0.6) is 0 Å². The summed E-state index contributed by atoms with van der Waals surface area (Å²) in [6.45, 7) is 2.34. The van der Waals surface area contributed by atoms with E-state index in [-0.39, 0.29) is 18.4 Å². The van der Waals surface area contributed by atoms with Gasteiger partial charge < -0.3 is 10.6 Å². The Hall–Kier alpha value is -2.23. The second kappa shape index (κ2) is 8.42. The van der Waals surface area contributed by atoms with Crippen molar-refractivity contribution in [3.8, 4) is 0 Å². The second-order valence-electron chi connectivity index (χ2n) is 6.68. The Morgan fingerprint density at radius 1 is 1.21 bits per heavy atom. The van der Waals surface area contributed by atoms with Crippen LogP contribution in [0.2, 0.25) is 0 Å². The van der Waals surface area contributed by atoms with Crippen LogP contribution in [0.15, 0.2) is 39.9 Å². The molecule has 0 bridgehead atoms. The first-order valence-corrected chi connectivity index (χ1v) is 11.3. The summed E-state index contributed by atoms with van der Waals surface area (Å²) >= 11 is 1.18. The Kier molecular flexibility index (Phi) is 6.17. The standard InChI is InChI=1S/C19H23N3O4S2/c1-13-15(19(24)20-2)7-3-8-16(13)21-18(23)14-6-4-10-22(12-14)28(25,26)17-9-5-11-27-17/h3,5,7-9,11,14H,4,6,10,12H2,1-2H3,(H,20,24)(H,21,23). The number of sulfonamides is 1. The van der Waals surface area contributed by atoms with Gasteiger partial charge in [-0.15, -0.1) is 11.3 Å². The molecule has 1 atom stereocenters. The van der Waals surface area contributed by atoms with Gasteiger partial charge in [0, 0.05) is 31.4 Å². The van der Waals surface area contributed by atoms with Gasteiger partial charge in [0.25, 0.3) is 15.9 Å². The second-order valence-corrected chi connectivity index (χ2v) is 9.79. The minimum Gasteiger partial charge on any atom is -0.355 e. The average molecular weight is 422 g/mol. The number of nitrogens with zero attached hydrogens (tertiary/aromatic N) is 1. The molecule has 1 fully saturated rings. The molecule has 150 valence electrons. The Morgan fingerprint density at radius 2 is 2.00 bits per heavy atom. The average Bonchev–Trinajstić information content (AvgIpc) is 3.25. The molecule has 1 saturated heterocycles. The monoisotopic (exact) mass is 421 g/mol. The Bertz CT molecular complexity index is 971. The smallest absolute Gasteiger partial charge is 0.252 e. The lowest BCUT2D eigenvalue weighted by atomic mass is 9.98. The van der Waals surface area contributed by atoms with Crippen LogP contribution < -0.4 is 10.6 Å². The third-order valence-electron chi connectivity index (χ3n) is 4.91. The molecule has 28 heavy (non-hydrogen) atoms. The number of nitrogens with one attached hydrogen (secondary N) is 2. The highest BCUT2D eigenvalue weighted by molar-refractivity contribution is 7.91. The van der Waals surface area contributed by atoms with E-state index < -0.39 is 15.9 Å². The van der Waals surface area contributed by atoms with Crippen molar-refractivity contribution in [3.05, 3.63) is 46.8 Å². The molecule has 9 heteroatoms. The predicted octanol–water partition coefficient (Wildman–Crippen LogP) is 2.46. The Balaban J connectivity index is 1.74. The molecule has 3 rings (SSSR count). The first-order chi connectivity index (χ1) is 13.3. The third-order valence-corrected chi connectivity index (χ3v) is 8.15. The zero-order valence-corrected chi connectivity index (χ0v) is 17.4. The molecule has 2 aromatic rings. The predicted molar refractivity (Wildman–Crippen MR) is 109 cm³/mol. The van der Waals surface area contributed by atoms with Crippen molar-refractivity contribution in [1.82, 2.24) is 9.62 Å². The lowest BCUT2D eigenvalue weighted by molar-refractivity contribution is -0.120. The number of anilines is 1. The summed E-state index contributed by atoms with van der Waals surface area (Å²) in [6.07, 6.45) is 1.25. The molecule has 0 saturated carbocycles. The number of hydrogen-bond acceptors (Lipinski definition) is 5. The molecule has 1 aliphatic heterocycles. The van der Waals surface area contributed by atoms with Crippen molar-refractivity contribution >= 4 is 38.9 Å². The van der Waals surface area contributed by atoms with Crippen molar-refractivity contribution in [2.75, 3.05) is 25.5 Å². The van der Waals surface area contributed by atoms with E-state index >= 15 is 0 Å². The summed E-state index contributed by atoms with van der Waals surface area (Å²) in [5, 5.41) is 7.17. The van der Waals surface area contributed by atoms with Gasteiger partial charge >= 0.3 is 0 Å². The van der Waals surface area contributed by atoms with E-state index in [1.54, 1.807) is 49.7 Å². The van der Waals surface area contributed by atoms with Crippen LogP contribution >= 0.6 is 11.3 Å². The number of rotatable bonds is 5. The Morgan fingerprint density at radius 3 is 2.68 bits per heavy atom. The van der Waals surface area contributed by atoms with E-state index in [4.69, 9.17) is 0 Å². The zero-order valence-electron chi connectivity index (χ0n) is 15.8. The molecule has 2 amide bonds. The lowest BCUT2D eigenvalue weighted by Gasteiger charge is -2.31. The van der Waals surface area contributed by atoms with Gasteiger partial charge in [-0.25, -0.2) is 8.42 Å². The molecule has 0 aliphatic carbocycles. The molecule has 7 nitrogen and oxygen atoms in total. The molecule has 0 radical (unpaired) electrons. The molecule has 1 aliphatic rings.